The van der Waals surface area contributed by atoms with Crippen LogP contribution in [0.25, 0.3) is 22.0 Å². The number of urea groups is 1. The third kappa shape index (κ3) is 5.83. The van der Waals surface area contributed by atoms with Gasteiger partial charge < -0.3 is 15.8 Å². The predicted octanol–water partition coefficient (Wildman–Crippen LogP) is 5.94. The highest BCUT2D eigenvalue weighted by molar-refractivity contribution is 6.00. The van der Waals surface area contributed by atoms with Crippen LogP contribution in [0, 0.1) is 0 Å². The number of anilines is 2. The molecule has 1 aromatic heterocycles. The van der Waals surface area contributed by atoms with Crippen LogP contribution < -0.4 is 21.1 Å². The number of aromatic nitrogens is 2. The molecule has 0 aliphatic heterocycles. The molecule has 5 aromatic rings. The molecule has 1 unspecified atom stereocenters. The molecule has 1 atom stereocenters. The molecular weight excluding hydrogens is 478 g/mol. The Kier molecular flexibility index (Phi) is 7.33. The zero-order chi connectivity index (χ0) is 26.3. The average Bonchev–Trinajstić information content (AvgIpc) is 2.94. The molecule has 8 heteroatoms. The number of rotatable bonds is 7. The first kappa shape index (κ1) is 24.6. The Labute approximate surface area is 219 Å². The lowest BCUT2D eigenvalue weighted by molar-refractivity contribution is -0.134. The maximum atomic E-state index is 12.8. The molecule has 0 aliphatic carbocycles. The molecule has 4 N–H and O–H groups in total. The molecule has 0 radical (unpaired) electrons. The van der Waals surface area contributed by atoms with E-state index in [0.29, 0.717) is 11.4 Å². The van der Waals surface area contributed by atoms with E-state index >= 15 is 0 Å². The number of ether oxygens (including phenoxy) is 1. The number of amides is 2. The van der Waals surface area contributed by atoms with Gasteiger partial charge in [0.15, 0.2) is 11.6 Å². The number of para-hydroxylation sites is 2. The Hall–Kier alpha value is -5.08. The van der Waals surface area contributed by atoms with Gasteiger partial charge in [0.1, 0.15) is 0 Å². The topological polar surface area (TPSA) is 119 Å². The van der Waals surface area contributed by atoms with E-state index < -0.39 is 18.0 Å². The number of carbonyl (C=O) groups excluding carboxylic acids is 2. The van der Waals surface area contributed by atoms with Gasteiger partial charge in [-0.2, -0.15) is 0 Å². The van der Waals surface area contributed by atoms with Crippen molar-refractivity contribution in [2.24, 2.45) is 5.73 Å². The number of hydrogen-bond acceptors (Lipinski definition) is 6. The van der Waals surface area contributed by atoms with Crippen molar-refractivity contribution < 1.29 is 14.3 Å². The molecule has 0 saturated heterocycles. The minimum Gasteiger partial charge on any atom is -0.424 e. The van der Waals surface area contributed by atoms with Crippen molar-refractivity contribution in [3.63, 3.8) is 0 Å². The second-order valence-corrected chi connectivity index (χ2v) is 8.60. The third-order valence-corrected chi connectivity index (χ3v) is 5.94. The Morgan fingerprint density at radius 3 is 2.32 bits per heavy atom. The fourth-order valence-corrected chi connectivity index (χ4v) is 4.12. The van der Waals surface area contributed by atoms with Gasteiger partial charge in [0.05, 0.1) is 17.8 Å². The van der Waals surface area contributed by atoms with Crippen LogP contribution in [0.4, 0.5) is 16.3 Å². The van der Waals surface area contributed by atoms with Crippen molar-refractivity contribution in [3.05, 3.63) is 115 Å². The van der Waals surface area contributed by atoms with Gasteiger partial charge in [0.25, 0.3) is 0 Å². The summed E-state index contributed by atoms with van der Waals surface area (Å²) in [6.07, 6.45) is -0.0299. The minimum absolute atomic E-state index is 0.0299. The standard InChI is InChI=1S/C30H25N5O3/c31-24(23-14-8-12-20-9-4-5-13-22(20)23)19-29(36)38-27-16-7-6-15-26(27)32-30(37)33-28-18-17-25(34-35-28)21-10-2-1-3-11-21/h1-18,24H,19,31H2,(H2,32,33,35,37). The van der Waals surface area contributed by atoms with Crippen molar-refractivity contribution in [3.8, 4) is 17.0 Å². The monoisotopic (exact) mass is 503 g/mol. The van der Waals surface area contributed by atoms with Gasteiger partial charge in [-0.1, -0.05) is 84.9 Å². The number of fused-ring (bicyclic) bond motifs is 1. The zero-order valence-electron chi connectivity index (χ0n) is 20.4. The first-order valence-corrected chi connectivity index (χ1v) is 12.1. The largest absolute Gasteiger partial charge is 0.424 e. The molecule has 0 saturated carbocycles. The summed E-state index contributed by atoms with van der Waals surface area (Å²) in [5, 5.41) is 15.6. The van der Waals surface area contributed by atoms with Crippen LogP contribution in [0.15, 0.2) is 109 Å². The highest BCUT2D eigenvalue weighted by atomic mass is 16.5. The van der Waals surface area contributed by atoms with Gasteiger partial charge in [-0.3, -0.25) is 10.1 Å². The van der Waals surface area contributed by atoms with Crippen molar-refractivity contribution in [2.75, 3.05) is 10.6 Å². The van der Waals surface area contributed by atoms with Crippen LogP contribution in [0.5, 0.6) is 5.75 Å². The molecule has 2 amide bonds. The number of hydrogen-bond donors (Lipinski definition) is 3. The van der Waals surface area contributed by atoms with E-state index in [4.69, 9.17) is 10.5 Å². The second kappa shape index (κ2) is 11.3. The van der Waals surface area contributed by atoms with E-state index in [0.717, 1.165) is 21.9 Å². The molecule has 0 spiro atoms. The summed E-state index contributed by atoms with van der Waals surface area (Å²) in [5.41, 5.74) is 9.18. The Morgan fingerprint density at radius 1 is 0.763 bits per heavy atom. The average molecular weight is 504 g/mol. The summed E-state index contributed by atoms with van der Waals surface area (Å²) in [5.74, 6) is -0.0246. The number of nitrogens with one attached hydrogen (secondary N) is 2. The van der Waals surface area contributed by atoms with E-state index in [-0.39, 0.29) is 18.0 Å². The van der Waals surface area contributed by atoms with Crippen LogP contribution in [0.3, 0.4) is 0 Å². The maximum absolute atomic E-state index is 12.8. The number of carbonyl (C=O) groups is 2. The lowest BCUT2D eigenvalue weighted by atomic mass is 9.97. The minimum atomic E-state index is -0.553. The van der Waals surface area contributed by atoms with Gasteiger partial charge in [-0.15, -0.1) is 10.2 Å². The zero-order valence-corrected chi connectivity index (χ0v) is 20.4. The molecule has 38 heavy (non-hydrogen) atoms. The Bertz CT molecular complexity index is 1570. The fraction of sp³-hybridized carbons (Fsp3) is 0.0667. The van der Waals surface area contributed by atoms with Gasteiger partial charge in [0.2, 0.25) is 0 Å². The van der Waals surface area contributed by atoms with E-state index in [1.165, 1.54) is 0 Å². The first-order chi connectivity index (χ1) is 18.6. The molecule has 0 fully saturated rings. The van der Waals surface area contributed by atoms with Crippen LogP contribution >= 0.6 is 0 Å². The first-order valence-electron chi connectivity index (χ1n) is 12.1. The summed E-state index contributed by atoms with van der Waals surface area (Å²) in [7, 11) is 0. The molecule has 1 heterocycles. The predicted molar refractivity (Wildman–Crippen MR) is 148 cm³/mol. The molecule has 188 valence electrons. The van der Waals surface area contributed by atoms with Crippen LogP contribution in [-0.2, 0) is 4.79 Å². The van der Waals surface area contributed by atoms with Crippen LogP contribution in [-0.4, -0.2) is 22.2 Å². The van der Waals surface area contributed by atoms with Crippen molar-refractivity contribution in [1.82, 2.24) is 10.2 Å². The summed E-state index contributed by atoms with van der Waals surface area (Å²) in [4.78, 5) is 25.4. The van der Waals surface area contributed by atoms with Gasteiger partial charge in [-0.05, 0) is 40.6 Å². The number of benzene rings is 4. The normalized spacial score (nSPS) is 11.5. The fourth-order valence-electron chi connectivity index (χ4n) is 4.12. The van der Waals surface area contributed by atoms with E-state index in [1.54, 1.807) is 36.4 Å². The maximum Gasteiger partial charge on any atom is 0.325 e. The summed E-state index contributed by atoms with van der Waals surface area (Å²) >= 11 is 0. The van der Waals surface area contributed by atoms with E-state index in [9.17, 15) is 9.59 Å². The molecule has 4 aromatic carbocycles. The van der Waals surface area contributed by atoms with Gasteiger partial charge >= 0.3 is 12.0 Å². The lowest BCUT2D eigenvalue weighted by Gasteiger charge is -2.15. The quantitative estimate of drug-likeness (QED) is 0.187. The molecule has 8 nitrogen and oxygen atoms in total. The smallest absolute Gasteiger partial charge is 0.325 e. The Morgan fingerprint density at radius 2 is 1.50 bits per heavy atom. The van der Waals surface area contributed by atoms with Crippen LogP contribution in [0.2, 0.25) is 0 Å². The van der Waals surface area contributed by atoms with Crippen molar-refractivity contribution in [1.29, 1.82) is 0 Å². The third-order valence-electron chi connectivity index (χ3n) is 5.94. The summed E-state index contributed by atoms with van der Waals surface area (Å²) in [6.45, 7) is 0. The summed E-state index contributed by atoms with van der Waals surface area (Å²) < 4.78 is 5.58. The molecule has 0 bridgehead atoms. The van der Waals surface area contributed by atoms with E-state index in [1.807, 2.05) is 72.8 Å². The molecule has 5 rings (SSSR count). The van der Waals surface area contributed by atoms with Crippen molar-refractivity contribution in [2.45, 2.75) is 12.5 Å². The molecular formula is C30H25N5O3. The Balaban J connectivity index is 1.21. The number of nitrogens with zero attached hydrogens (tertiary/aromatic N) is 2. The summed E-state index contributed by atoms with van der Waals surface area (Å²) in [6, 6.07) is 32.3. The highest BCUT2D eigenvalue weighted by Gasteiger charge is 2.18. The van der Waals surface area contributed by atoms with Crippen LogP contribution in [0.1, 0.15) is 18.0 Å². The number of nitrogens with two attached hydrogens (primary N) is 1. The van der Waals surface area contributed by atoms with E-state index in [2.05, 4.69) is 20.8 Å². The second-order valence-electron chi connectivity index (χ2n) is 8.60. The lowest BCUT2D eigenvalue weighted by Crippen LogP contribution is -2.22. The van der Waals surface area contributed by atoms with Gasteiger partial charge in [-0.25, -0.2) is 4.79 Å². The van der Waals surface area contributed by atoms with Gasteiger partial charge in [0, 0.05) is 11.6 Å². The molecule has 0 aliphatic rings. The highest BCUT2D eigenvalue weighted by Crippen LogP contribution is 2.28. The van der Waals surface area contributed by atoms with Crippen molar-refractivity contribution >= 4 is 34.3 Å². The number of esters is 1. The SMILES string of the molecule is NC(CC(=O)Oc1ccccc1NC(=O)Nc1ccc(-c2ccccc2)nn1)c1cccc2ccccc12.